The molecule has 0 fully saturated rings. The second kappa shape index (κ2) is 6.01. The first-order valence-electron chi connectivity index (χ1n) is 5.84. The molecule has 0 spiro atoms. The Hall–Kier alpha value is -0.870. The summed E-state index contributed by atoms with van der Waals surface area (Å²) in [6.45, 7) is 6.41. The SMILES string of the molecule is CC(C)C(CNCc1cncn1C)N(C)C. The Morgan fingerprint density at radius 3 is 2.56 bits per heavy atom. The van der Waals surface area contributed by atoms with Crippen molar-refractivity contribution in [3.63, 3.8) is 0 Å². The molecule has 0 amide bonds. The van der Waals surface area contributed by atoms with E-state index in [1.807, 2.05) is 24.1 Å². The molecule has 1 unspecified atom stereocenters. The van der Waals surface area contributed by atoms with Crippen molar-refractivity contribution in [2.45, 2.75) is 26.4 Å². The van der Waals surface area contributed by atoms with Gasteiger partial charge in [0.2, 0.25) is 0 Å². The van der Waals surface area contributed by atoms with Crippen molar-refractivity contribution in [3.05, 3.63) is 18.2 Å². The zero-order valence-electron chi connectivity index (χ0n) is 11.1. The molecule has 1 rings (SSSR count). The minimum absolute atomic E-state index is 0.577. The maximum absolute atomic E-state index is 4.10. The molecule has 0 radical (unpaired) electrons. The molecule has 0 aromatic carbocycles. The minimum atomic E-state index is 0.577. The normalized spacial score (nSPS) is 13.7. The van der Waals surface area contributed by atoms with Crippen LogP contribution < -0.4 is 5.32 Å². The van der Waals surface area contributed by atoms with E-state index in [9.17, 15) is 0 Å². The third kappa shape index (κ3) is 3.61. The van der Waals surface area contributed by atoms with E-state index < -0.39 is 0 Å². The van der Waals surface area contributed by atoms with Crippen LogP contribution in [0.5, 0.6) is 0 Å². The zero-order chi connectivity index (χ0) is 12.1. The first-order chi connectivity index (χ1) is 7.52. The second-order valence-corrected chi connectivity index (χ2v) is 4.90. The summed E-state index contributed by atoms with van der Waals surface area (Å²) in [4.78, 5) is 6.38. The van der Waals surface area contributed by atoms with Crippen LogP contribution in [-0.4, -0.2) is 41.1 Å². The van der Waals surface area contributed by atoms with Gasteiger partial charge >= 0.3 is 0 Å². The van der Waals surface area contributed by atoms with Gasteiger partial charge in [0.25, 0.3) is 0 Å². The first-order valence-corrected chi connectivity index (χ1v) is 5.84. The summed E-state index contributed by atoms with van der Waals surface area (Å²) in [5, 5.41) is 3.49. The lowest BCUT2D eigenvalue weighted by Crippen LogP contribution is -2.41. The Bertz CT molecular complexity index is 296. The fourth-order valence-electron chi connectivity index (χ4n) is 1.92. The van der Waals surface area contributed by atoms with Gasteiger partial charge in [0.15, 0.2) is 0 Å². The number of nitrogens with one attached hydrogen (secondary N) is 1. The van der Waals surface area contributed by atoms with Gasteiger partial charge in [-0.3, -0.25) is 0 Å². The highest BCUT2D eigenvalue weighted by Crippen LogP contribution is 2.06. The van der Waals surface area contributed by atoms with Crippen LogP contribution in [0.3, 0.4) is 0 Å². The third-order valence-electron chi connectivity index (χ3n) is 3.01. The summed E-state index contributed by atoms with van der Waals surface area (Å²) in [6.07, 6.45) is 3.75. The zero-order valence-corrected chi connectivity index (χ0v) is 11.1. The molecular formula is C12H24N4. The average molecular weight is 224 g/mol. The molecular weight excluding hydrogens is 200 g/mol. The molecule has 1 atom stereocenters. The van der Waals surface area contributed by atoms with E-state index in [2.05, 4.69) is 43.1 Å². The Balaban J connectivity index is 2.37. The second-order valence-electron chi connectivity index (χ2n) is 4.90. The molecule has 1 N–H and O–H groups in total. The van der Waals surface area contributed by atoms with E-state index in [0.29, 0.717) is 12.0 Å². The van der Waals surface area contributed by atoms with Crippen LogP contribution in [0.1, 0.15) is 19.5 Å². The molecule has 0 saturated carbocycles. The minimum Gasteiger partial charge on any atom is -0.337 e. The first kappa shape index (κ1) is 13.2. The monoisotopic (exact) mass is 224 g/mol. The van der Waals surface area contributed by atoms with Crippen molar-refractivity contribution in [1.29, 1.82) is 0 Å². The van der Waals surface area contributed by atoms with Gasteiger partial charge in [-0.1, -0.05) is 13.8 Å². The van der Waals surface area contributed by atoms with Crippen molar-refractivity contribution in [2.75, 3.05) is 20.6 Å². The van der Waals surface area contributed by atoms with Crippen LogP contribution >= 0.6 is 0 Å². The molecule has 0 aliphatic rings. The number of aromatic nitrogens is 2. The van der Waals surface area contributed by atoms with E-state index in [1.165, 1.54) is 5.69 Å². The predicted octanol–water partition coefficient (Wildman–Crippen LogP) is 1.10. The highest BCUT2D eigenvalue weighted by Gasteiger charge is 2.14. The lowest BCUT2D eigenvalue weighted by Gasteiger charge is -2.28. The molecule has 1 aromatic heterocycles. The van der Waals surface area contributed by atoms with Gasteiger partial charge in [-0.2, -0.15) is 0 Å². The van der Waals surface area contributed by atoms with Crippen LogP contribution in [-0.2, 0) is 13.6 Å². The van der Waals surface area contributed by atoms with Crippen LogP contribution in [0, 0.1) is 5.92 Å². The molecule has 4 nitrogen and oxygen atoms in total. The fraction of sp³-hybridized carbons (Fsp3) is 0.750. The number of imidazole rings is 1. The molecule has 0 aliphatic carbocycles. The van der Waals surface area contributed by atoms with E-state index in [4.69, 9.17) is 0 Å². The van der Waals surface area contributed by atoms with Gasteiger partial charge in [0.05, 0.1) is 12.0 Å². The van der Waals surface area contributed by atoms with Gasteiger partial charge in [0, 0.05) is 32.4 Å². The summed E-state index contributed by atoms with van der Waals surface area (Å²) < 4.78 is 2.05. The van der Waals surface area contributed by atoms with Gasteiger partial charge in [-0.05, 0) is 20.0 Å². The van der Waals surface area contributed by atoms with E-state index in [1.54, 1.807) is 0 Å². The Kier molecular flexibility index (Phi) is 4.96. The van der Waals surface area contributed by atoms with E-state index >= 15 is 0 Å². The summed E-state index contributed by atoms with van der Waals surface area (Å²) in [6, 6.07) is 0.577. The molecule has 0 aliphatic heterocycles. The number of aryl methyl sites for hydroxylation is 1. The largest absolute Gasteiger partial charge is 0.337 e. The van der Waals surface area contributed by atoms with Gasteiger partial charge < -0.3 is 14.8 Å². The van der Waals surface area contributed by atoms with E-state index in [0.717, 1.165) is 13.1 Å². The number of hydrogen-bond acceptors (Lipinski definition) is 3. The Labute approximate surface area is 98.7 Å². The van der Waals surface area contributed by atoms with Crippen LogP contribution in [0.25, 0.3) is 0 Å². The molecule has 16 heavy (non-hydrogen) atoms. The van der Waals surface area contributed by atoms with Crippen molar-refractivity contribution in [3.8, 4) is 0 Å². The molecule has 92 valence electrons. The van der Waals surface area contributed by atoms with E-state index in [-0.39, 0.29) is 0 Å². The lowest BCUT2D eigenvalue weighted by atomic mass is 10.0. The number of nitrogens with zero attached hydrogens (tertiary/aromatic N) is 3. The maximum atomic E-state index is 4.10. The van der Waals surface area contributed by atoms with Crippen molar-refractivity contribution >= 4 is 0 Å². The van der Waals surface area contributed by atoms with Gasteiger partial charge in [0.1, 0.15) is 0 Å². The lowest BCUT2D eigenvalue weighted by molar-refractivity contribution is 0.224. The molecule has 0 bridgehead atoms. The standard InChI is InChI=1S/C12H24N4/c1-10(2)12(15(3)4)8-13-6-11-7-14-9-16(11)5/h7,9-10,12-13H,6,8H2,1-5H3. The molecule has 4 heteroatoms. The average Bonchev–Trinajstić information content (AvgIpc) is 2.57. The Morgan fingerprint density at radius 1 is 1.44 bits per heavy atom. The number of rotatable bonds is 6. The summed E-state index contributed by atoms with van der Waals surface area (Å²) in [5.41, 5.74) is 1.22. The molecule has 0 saturated heterocycles. The quantitative estimate of drug-likeness (QED) is 0.785. The molecule has 1 aromatic rings. The number of hydrogen-bond donors (Lipinski definition) is 1. The van der Waals surface area contributed by atoms with Crippen LogP contribution in [0.2, 0.25) is 0 Å². The van der Waals surface area contributed by atoms with Gasteiger partial charge in [-0.25, -0.2) is 4.98 Å². The number of likely N-dealkylation sites (N-methyl/N-ethyl adjacent to an activating group) is 1. The van der Waals surface area contributed by atoms with Crippen molar-refractivity contribution < 1.29 is 0 Å². The van der Waals surface area contributed by atoms with Crippen LogP contribution in [0.4, 0.5) is 0 Å². The summed E-state index contributed by atoms with van der Waals surface area (Å²) in [7, 11) is 6.29. The van der Waals surface area contributed by atoms with Crippen LogP contribution in [0.15, 0.2) is 12.5 Å². The summed E-state index contributed by atoms with van der Waals surface area (Å²) in [5.74, 6) is 0.661. The van der Waals surface area contributed by atoms with Crippen molar-refractivity contribution in [1.82, 2.24) is 19.8 Å². The predicted molar refractivity (Wildman–Crippen MR) is 67.2 cm³/mol. The Morgan fingerprint density at radius 2 is 2.12 bits per heavy atom. The molecule has 1 heterocycles. The van der Waals surface area contributed by atoms with Gasteiger partial charge in [-0.15, -0.1) is 0 Å². The fourth-order valence-corrected chi connectivity index (χ4v) is 1.92. The highest BCUT2D eigenvalue weighted by molar-refractivity contribution is 4.96. The third-order valence-corrected chi connectivity index (χ3v) is 3.01. The van der Waals surface area contributed by atoms with Crippen molar-refractivity contribution in [2.24, 2.45) is 13.0 Å². The smallest absolute Gasteiger partial charge is 0.0945 e. The maximum Gasteiger partial charge on any atom is 0.0945 e. The highest BCUT2D eigenvalue weighted by atomic mass is 15.1. The topological polar surface area (TPSA) is 33.1 Å². The summed E-state index contributed by atoms with van der Waals surface area (Å²) >= 11 is 0.